The van der Waals surface area contributed by atoms with E-state index in [2.05, 4.69) is 6.92 Å². The maximum Gasteiger partial charge on any atom is 0.323 e. The molecule has 6 heteroatoms. The van der Waals surface area contributed by atoms with Crippen LogP contribution in [-0.4, -0.2) is 35.0 Å². The quantitative estimate of drug-likeness (QED) is 0.748. The number of hydrogen-bond donors (Lipinski definition) is 1. The van der Waals surface area contributed by atoms with Crippen molar-refractivity contribution in [1.82, 2.24) is 0 Å². The second kappa shape index (κ2) is 8.87. The van der Waals surface area contributed by atoms with Gasteiger partial charge in [-0.1, -0.05) is 24.9 Å². The second-order valence-electron chi connectivity index (χ2n) is 4.26. The van der Waals surface area contributed by atoms with E-state index in [4.69, 9.17) is 16.7 Å². The Bertz CT molecular complexity index is 450. The van der Waals surface area contributed by atoms with E-state index in [1.807, 2.05) is 0 Å². The van der Waals surface area contributed by atoms with Crippen LogP contribution in [0.2, 0.25) is 5.02 Å². The summed E-state index contributed by atoms with van der Waals surface area (Å²) in [6.45, 7) is 1.75. The summed E-state index contributed by atoms with van der Waals surface area (Å²) in [5, 5.41) is 9.48. The molecule has 1 aromatic carbocycles. The maximum atomic E-state index is 12.1. The Hall–Kier alpha value is -1.20. The standard InChI is InChI=1S/C14H18ClNO3S/c1-2-3-8-20-10-13(17)16(9-14(18)19)12-6-4-11(15)5-7-12/h4-7H,2-3,8-10H2,1H3,(H,18,19). The normalized spacial score (nSPS) is 10.3. The predicted molar refractivity (Wildman–Crippen MR) is 83.7 cm³/mol. The van der Waals surface area contributed by atoms with E-state index in [0.29, 0.717) is 10.7 Å². The summed E-state index contributed by atoms with van der Waals surface area (Å²) < 4.78 is 0. The summed E-state index contributed by atoms with van der Waals surface area (Å²) >= 11 is 7.33. The number of amides is 1. The van der Waals surface area contributed by atoms with Gasteiger partial charge in [0.1, 0.15) is 6.54 Å². The first kappa shape index (κ1) is 16.9. The summed E-state index contributed by atoms with van der Waals surface area (Å²) in [4.78, 5) is 24.3. The molecule has 0 aliphatic heterocycles. The minimum Gasteiger partial charge on any atom is -0.480 e. The number of rotatable bonds is 8. The highest BCUT2D eigenvalue weighted by molar-refractivity contribution is 7.99. The molecule has 20 heavy (non-hydrogen) atoms. The average Bonchev–Trinajstić information content (AvgIpc) is 2.42. The number of aliphatic carboxylic acids is 1. The smallest absolute Gasteiger partial charge is 0.323 e. The molecule has 1 N–H and O–H groups in total. The number of nitrogens with zero attached hydrogens (tertiary/aromatic N) is 1. The highest BCUT2D eigenvalue weighted by atomic mass is 35.5. The van der Waals surface area contributed by atoms with E-state index in [1.165, 1.54) is 16.7 Å². The van der Waals surface area contributed by atoms with Crippen molar-refractivity contribution in [1.29, 1.82) is 0 Å². The minimum absolute atomic E-state index is 0.198. The van der Waals surface area contributed by atoms with Gasteiger partial charge in [0.25, 0.3) is 0 Å². The third-order valence-electron chi connectivity index (χ3n) is 2.60. The third-order valence-corrected chi connectivity index (χ3v) is 3.88. The molecule has 0 saturated carbocycles. The van der Waals surface area contributed by atoms with Crippen molar-refractivity contribution in [3.8, 4) is 0 Å². The van der Waals surface area contributed by atoms with Gasteiger partial charge in [0.15, 0.2) is 0 Å². The van der Waals surface area contributed by atoms with E-state index in [1.54, 1.807) is 24.3 Å². The molecule has 0 heterocycles. The predicted octanol–water partition coefficient (Wildman–Crippen LogP) is 3.29. The SMILES string of the molecule is CCCCSCC(=O)N(CC(=O)O)c1ccc(Cl)cc1. The Morgan fingerprint density at radius 2 is 1.95 bits per heavy atom. The number of benzene rings is 1. The monoisotopic (exact) mass is 315 g/mol. The lowest BCUT2D eigenvalue weighted by Gasteiger charge is -2.20. The molecule has 0 radical (unpaired) electrons. The first-order valence-electron chi connectivity index (χ1n) is 6.40. The molecule has 0 aliphatic carbocycles. The fraction of sp³-hybridized carbons (Fsp3) is 0.429. The van der Waals surface area contributed by atoms with Crippen molar-refractivity contribution < 1.29 is 14.7 Å². The fourth-order valence-corrected chi connectivity index (χ4v) is 2.66. The molecule has 0 spiro atoms. The molecule has 110 valence electrons. The van der Waals surface area contributed by atoms with E-state index in [0.717, 1.165) is 18.6 Å². The van der Waals surface area contributed by atoms with E-state index < -0.39 is 5.97 Å². The van der Waals surface area contributed by atoms with Crippen LogP contribution in [0.25, 0.3) is 0 Å². The molecule has 0 fully saturated rings. The molecule has 4 nitrogen and oxygen atoms in total. The number of halogens is 1. The van der Waals surface area contributed by atoms with Gasteiger partial charge in [-0.15, -0.1) is 0 Å². The second-order valence-corrected chi connectivity index (χ2v) is 5.80. The number of anilines is 1. The molecule has 1 amide bonds. The number of carboxylic acid groups (broad SMARTS) is 1. The molecule has 0 aliphatic rings. The lowest BCUT2D eigenvalue weighted by Crippen LogP contribution is -2.37. The summed E-state index contributed by atoms with van der Waals surface area (Å²) in [6.07, 6.45) is 2.13. The van der Waals surface area contributed by atoms with Crippen molar-refractivity contribution >= 4 is 40.9 Å². The van der Waals surface area contributed by atoms with Crippen molar-refractivity contribution in [3.63, 3.8) is 0 Å². The van der Waals surface area contributed by atoms with Gasteiger partial charge >= 0.3 is 5.97 Å². The van der Waals surface area contributed by atoms with Gasteiger partial charge in [0, 0.05) is 10.7 Å². The maximum absolute atomic E-state index is 12.1. The largest absolute Gasteiger partial charge is 0.480 e. The van der Waals surface area contributed by atoms with Gasteiger partial charge in [-0.3, -0.25) is 9.59 Å². The average molecular weight is 316 g/mol. The van der Waals surface area contributed by atoms with Crippen LogP contribution in [0.3, 0.4) is 0 Å². The van der Waals surface area contributed by atoms with Crippen LogP contribution in [0, 0.1) is 0 Å². The minimum atomic E-state index is -1.04. The van der Waals surface area contributed by atoms with Crippen molar-refractivity contribution in [2.24, 2.45) is 0 Å². The van der Waals surface area contributed by atoms with Crippen molar-refractivity contribution in [2.75, 3.05) is 23.0 Å². The van der Waals surface area contributed by atoms with Crippen LogP contribution in [-0.2, 0) is 9.59 Å². The van der Waals surface area contributed by atoms with Crippen LogP contribution in [0.4, 0.5) is 5.69 Å². The molecular weight excluding hydrogens is 298 g/mol. The first-order chi connectivity index (χ1) is 9.54. The summed E-state index contributed by atoms with van der Waals surface area (Å²) in [5.41, 5.74) is 0.554. The number of carbonyl (C=O) groups is 2. The molecule has 1 rings (SSSR count). The van der Waals surface area contributed by atoms with Crippen LogP contribution in [0.15, 0.2) is 24.3 Å². The molecular formula is C14H18ClNO3S. The van der Waals surface area contributed by atoms with E-state index >= 15 is 0 Å². The fourth-order valence-electron chi connectivity index (χ4n) is 1.56. The molecule has 0 saturated heterocycles. The number of carbonyl (C=O) groups excluding carboxylic acids is 1. The van der Waals surface area contributed by atoms with E-state index in [9.17, 15) is 9.59 Å². The lowest BCUT2D eigenvalue weighted by atomic mass is 10.3. The number of carboxylic acids is 1. The first-order valence-corrected chi connectivity index (χ1v) is 7.93. The molecule has 0 aromatic heterocycles. The Morgan fingerprint density at radius 3 is 2.50 bits per heavy atom. The van der Waals surface area contributed by atoms with Crippen molar-refractivity contribution in [2.45, 2.75) is 19.8 Å². The lowest BCUT2D eigenvalue weighted by molar-refractivity contribution is -0.136. The van der Waals surface area contributed by atoms with Crippen LogP contribution in [0.1, 0.15) is 19.8 Å². The Morgan fingerprint density at radius 1 is 1.30 bits per heavy atom. The highest BCUT2D eigenvalue weighted by Gasteiger charge is 2.18. The summed E-state index contributed by atoms with van der Waals surface area (Å²) in [7, 11) is 0. The molecule has 0 unspecified atom stereocenters. The summed E-state index contributed by atoms with van der Waals surface area (Å²) in [5.74, 6) is -0.0395. The van der Waals surface area contributed by atoms with Gasteiger partial charge in [-0.05, 0) is 36.4 Å². The number of hydrogen-bond acceptors (Lipinski definition) is 3. The van der Waals surface area contributed by atoms with Gasteiger partial charge < -0.3 is 10.0 Å². The van der Waals surface area contributed by atoms with Gasteiger partial charge in [0.2, 0.25) is 5.91 Å². The number of unbranched alkanes of at least 4 members (excludes halogenated alkanes) is 1. The zero-order valence-electron chi connectivity index (χ0n) is 11.3. The van der Waals surface area contributed by atoms with E-state index in [-0.39, 0.29) is 18.2 Å². The van der Waals surface area contributed by atoms with Crippen molar-refractivity contribution in [3.05, 3.63) is 29.3 Å². The molecule has 1 aromatic rings. The molecule has 0 atom stereocenters. The zero-order valence-corrected chi connectivity index (χ0v) is 12.9. The van der Waals surface area contributed by atoms with Gasteiger partial charge in [-0.2, -0.15) is 11.8 Å². The Balaban J connectivity index is 2.70. The van der Waals surface area contributed by atoms with Crippen LogP contribution >= 0.6 is 23.4 Å². The van der Waals surface area contributed by atoms with Gasteiger partial charge in [-0.25, -0.2) is 0 Å². The number of thioether (sulfide) groups is 1. The molecule has 0 bridgehead atoms. The van der Waals surface area contributed by atoms with Crippen LogP contribution in [0.5, 0.6) is 0 Å². The zero-order chi connectivity index (χ0) is 15.0. The highest BCUT2D eigenvalue weighted by Crippen LogP contribution is 2.19. The Labute approximate surface area is 128 Å². The van der Waals surface area contributed by atoms with Crippen LogP contribution < -0.4 is 4.90 Å². The van der Waals surface area contributed by atoms with Gasteiger partial charge in [0.05, 0.1) is 5.75 Å². The third kappa shape index (κ3) is 5.84. The topological polar surface area (TPSA) is 57.6 Å². The summed E-state index contributed by atoms with van der Waals surface area (Å²) in [6, 6.07) is 6.59. The Kier molecular flexibility index (Phi) is 7.47.